The first kappa shape index (κ1) is 20.5. The highest BCUT2D eigenvalue weighted by atomic mass is 35.5. The number of amides is 1. The van der Waals surface area contributed by atoms with E-state index >= 15 is 0 Å². The van der Waals surface area contributed by atoms with Crippen LogP contribution >= 0.6 is 11.6 Å². The first-order valence-corrected chi connectivity index (χ1v) is 9.19. The minimum atomic E-state index is -0.682. The van der Waals surface area contributed by atoms with Gasteiger partial charge in [0.05, 0.1) is 22.8 Å². The van der Waals surface area contributed by atoms with Crippen LogP contribution in [0, 0.1) is 0 Å². The second-order valence-corrected chi connectivity index (χ2v) is 6.43. The lowest BCUT2D eigenvalue weighted by Gasteiger charge is -2.10. The van der Waals surface area contributed by atoms with Crippen LogP contribution in [0.2, 0.25) is 5.02 Å². The third-order valence-electron chi connectivity index (χ3n) is 3.85. The monoisotopic (exact) mass is 419 g/mol. The molecule has 0 aromatic heterocycles. The topological polar surface area (TPSA) is 100 Å². The molecule has 0 saturated carbocycles. The van der Waals surface area contributed by atoms with Crippen molar-refractivity contribution < 1.29 is 33.3 Å². The number of carbonyl (C=O) groups is 3. The summed E-state index contributed by atoms with van der Waals surface area (Å²) < 4.78 is 20.4. The zero-order valence-electron chi connectivity index (χ0n) is 15.5. The van der Waals surface area contributed by atoms with Gasteiger partial charge in [-0.3, -0.25) is 4.79 Å². The van der Waals surface area contributed by atoms with Gasteiger partial charge in [0.1, 0.15) is 0 Å². The van der Waals surface area contributed by atoms with E-state index in [0.29, 0.717) is 23.6 Å². The van der Waals surface area contributed by atoms with E-state index in [1.807, 2.05) is 6.92 Å². The van der Waals surface area contributed by atoms with E-state index in [1.54, 1.807) is 6.07 Å². The normalized spacial score (nSPS) is 11.7. The molecule has 0 aliphatic carbocycles. The Bertz CT molecular complexity index is 944. The number of nitrogens with one attached hydrogen (secondary N) is 1. The highest BCUT2D eigenvalue weighted by Crippen LogP contribution is 2.32. The zero-order valence-corrected chi connectivity index (χ0v) is 16.3. The second-order valence-electron chi connectivity index (χ2n) is 6.02. The maximum atomic E-state index is 12.1. The number of ether oxygens (including phenoxy) is 4. The van der Waals surface area contributed by atoms with Gasteiger partial charge in [-0.2, -0.15) is 0 Å². The number of fused-ring (bicyclic) bond motifs is 1. The van der Waals surface area contributed by atoms with Crippen LogP contribution in [0.5, 0.6) is 11.5 Å². The Kier molecular flexibility index (Phi) is 6.56. The summed E-state index contributed by atoms with van der Waals surface area (Å²) in [6.07, 6.45) is 0.675. The van der Waals surface area contributed by atoms with Crippen molar-refractivity contribution in [1.29, 1.82) is 0 Å². The van der Waals surface area contributed by atoms with Gasteiger partial charge in [-0.1, -0.05) is 18.5 Å². The van der Waals surface area contributed by atoms with Gasteiger partial charge < -0.3 is 24.3 Å². The number of anilines is 1. The van der Waals surface area contributed by atoms with Crippen molar-refractivity contribution in [1.82, 2.24) is 0 Å². The summed E-state index contributed by atoms with van der Waals surface area (Å²) in [7, 11) is 0. The Morgan fingerprint density at radius 1 is 1.03 bits per heavy atom. The van der Waals surface area contributed by atoms with Gasteiger partial charge in [0.25, 0.3) is 5.91 Å². The molecule has 0 atom stereocenters. The number of hydrogen-bond acceptors (Lipinski definition) is 7. The molecule has 0 fully saturated rings. The fraction of sp³-hybridized carbons (Fsp3) is 0.250. The standard InChI is InChI=1S/C20H18ClNO7/c1-2-7-26-20(25)14-9-13(4-5-15(14)21)22-18(23)10-27-19(24)12-3-6-16-17(8-12)29-11-28-16/h3-6,8-9H,2,7,10-11H2,1H3,(H,22,23). The summed E-state index contributed by atoms with van der Waals surface area (Å²) in [5.41, 5.74) is 0.687. The molecule has 2 aromatic rings. The number of esters is 2. The predicted molar refractivity (Wildman–Crippen MR) is 104 cm³/mol. The first-order chi connectivity index (χ1) is 14.0. The Morgan fingerprint density at radius 3 is 2.62 bits per heavy atom. The molecule has 0 bridgehead atoms. The van der Waals surface area contributed by atoms with Crippen LogP contribution in [0.15, 0.2) is 36.4 Å². The SMILES string of the molecule is CCCOC(=O)c1cc(NC(=O)COC(=O)c2ccc3c(c2)OCO3)ccc1Cl. The fourth-order valence-electron chi connectivity index (χ4n) is 2.47. The van der Waals surface area contributed by atoms with E-state index < -0.39 is 24.5 Å². The maximum Gasteiger partial charge on any atom is 0.339 e. The summed E-state index contributed by atoms with van der Waals surface area (Å²) >= 11 is 6.02. The van der Waals surface area contributed by atoms with Gasteiger partial charge in [-0.05, 0) is 42.8 Å². The molecule has 1 amide bonds. The molecular weight excluding hydrogens is 402 g/mol. The number of carbonyl (C=O) groups excluding carboxylic acids is 3. The van der Waals surface area contributed by atoms with Crippen molar-refractivity contribution in [2.75, 3.05) is 25.3 Å². The van der Waals surface area contributed by atoms with Gasteiger partial charge in [0.15, 0.2) is 18.1 Å². The van der Waals surface area contributed by atoms with E-state index in [1.165, 1.54) is 30.3 Å². The van der Waals surface area contributed by atoms with Crippen molar-refractivity contribution in [2.24, 2.45) is 0 Å². The summed E-state index contributed by atoms with van der Waals surface area (Å²) in [6.45, 7) is 1.72. The van der Waals surface area contributed by atoms with Crippen molar-refractivity contribution in [3.8, 4) is 11.5 Å². The highest BCUT2D eigenvalue weighted by molar-refractivity contribution is 6.33. The molecule has 1 N–H and O–H groups in total. The lowest BCUT2D eigenvalue weighted by molar-refractivity contribution is -0.119. The molecule has 152 valence electrons. The molecule has 1 aliphatic rings. The van der Waals surface area contributed by atoms with Crippen LogP contribution in [0.3, 0.4) is 0 Å². The van der Waals surface area contributed by atoms with Crippen LogP contribution in [0.25, 0.3) is 0 Å². The Labute approximate surface area is 171 Å². The highest BCUT2D eigenvalue weighted by Gasteiger charge is 2.18. The lowest BCUT2D eigenvalue weighted by Crippen LogP contribution is -2.21. The second kappa shape index (κ2) is 9.29. The first-order valence-electron chi connectivity index (χ1n) is 8.81. The summed E-state index contributed by atoms with van der Waals surface area (Å²) in [6, 6.07) is 8.98. The summed E-state index contributed by atoms with van der Waals surface area (Å²) in [5, 5.41) is 2.75. The lowest BCUT2D eigenvalue weighted by atomic mass is 10.2. The Hall–Kier alpha value is -3.26. The molecule has 29 heavy (non-hydrogen) atoms. The maximum absolute atomic E-state index is 12.1. The molecule has 2 aromatic carbocycles. The largest absolute Gasteiger partial charge is 0.462 e. The minimum absolute atomic E-state index is 0.0886. The molecular formula is C20H18ClNO7. The molecule has 3 rings (SSSR count). The zero-order chi connectivity index (χ0) is 20.8. The van der Waals surface area contributed by atoms with Gasteiger partial charge in [0.2, 0.25) is 6.79 Å². The van der Waals surface area contributed by atoms with Gasteiger partial charge >= 0.3 is 11.9 Å². The number of benzene rings is 2. The van der Waals surface area contributed by atoms with Crippen molar-refractivity contribution in [2.45, 2.75) is 13.3 Å². The van der Waals surface area contributed by atoms with Crippen molar-refractivity contribution in [3.63, 3.8) is 0 Å². The van der Waals surface area contributed by atoms with E-state index in [4.69, 9.17) is 30.5 Å². The quantitative estimate of drug-likeness (QED) is 0.686. The molecule has 0 radical (unpaired) electrons. The van der Waals surface area contributed by atoms with E-state index in [2.05, 4.69) is 5.32 Å². The summed E-state index contributed by atoms with van der Waals surface area (Å²) in [4.78, 5) is 36.2. The van der Waals surface area contributed by atoms with Gasteiger partial charge in [0, 0.05) is 5.69 Å². The smallest absolute Gasteiger partial charge is 0.339 e. The van der Waals surface area contributed by atoms with Crippen LogP contribution in [0.4, 0.5) is 5.69 Å². The van der Waals surface area contributed by atoms with Crippen LogP contribution in [-0.2, 0) is 14.3 Å². The van der Waals surface area contributed by atoms with Gasteiger partial charge in [-0.25, -0.2) is 9.59 Å². The Balaban J connectivity index is 1.56. The molecule has 9 heteroatoms. The van der Waals surface area contributed by atoms with E-state index in [9.17, 15) is 14.4 Å². The molecule has 1 aliphatic heterocycles. The Morgan fingerprint density at radius 2 is 1.83 bits per heavy atom. The number of halogens is 1. The van der Waals surface area contributed by atoms with Crippen LogP contribution in [0.1, 0.15) is 34.1 Å². The predicted octanol–water partition coefficient (Wildman–Crippen LogP) is 3.43. The molecule has 1 heterocycles. The third-order valence-corrected chi connectivity index (χ3v) is 4.18. The average molecular weight is 420 g/mol. The van der Waals surface area contributed by atoms with Gasteiger partial charge in [-0.15, -0.1) is 0 Å². The van der Waals surface area contributed by atoms with E-state index in [-0.39, 0.29) is 29.5 Å². The molecule has 0 unspecified atom stereocenters. The molecule has 8 nitrogen and oxygen atoms in total. The minimum Gasteiger partial charge on any atom is -0.462 e. The number of rotatable bonds is 7. The average Bonchev–Trinajstić information content (AvgIpc) is 3.19. The fourth-order valence-corrected chi connectivity index (χ4v) is 2.66. The number of hydrogen-bond donors (Lipinski definition) is 1. The van der Waals surface area contributed by atoms with Crippen LogP contribution < -0.4 is 14.8 Å². The third kappa shape index (κ3) is 5.17. The molecule has 0 spiro atoms. The van der Waals surface area contributed by atoms with E-state index in [0.717, 1.165) is 0 Å². The van der Waals surface area contributed by atoms with Crippen LogP contribution in [-0.4, -0.2) is 37.9 Å². The summed E-state index contributed by atoms with van der Waals surface area (Å²) in [5.74, 6) is -0.863. The molecule has 0 saturated heterocycles. The van der Waals surface area contributed by atoms with Crippen molar-refractivity contribution >= 4 is 35.1 Å². The van der Waals surface area contributed by atoms with Crippen molar-refractivity contribution in [3.05, 3.63) is 52.5 Å².